The van der Waals surface area contributed by atoms with E-state index < -0.39 is 0 Å². The maximum atomic E-state index is 9.92. The van der Waals surface area contributed by atoms with Crippen LogP contribution >= 0.6 is 0 Å². The Morgan fingerprint density at radius 2 is 1.33 bits per heavy atom. The van der Waals surface area contributed by atoms with Crippen LogP contribution in [-0.4, -0.2) is 10.2 Å². The van der Waals surface area contributed by atoms with Gasteiger partial charge in [-0.25, -0.2) is 0 Å². The summed E-state index contributed by atoms with van der Waals surface area (Å²) >= 11 is 0. The molecule has 0 saturated heterocycles. The van der Waals surface area contributed by atoms with Gasteiger partial charge >= 0.3 is 0 Å². The molecule has 2 heteroatoms. The van der Waals surface area contributed by atoms with Crippen LogP contribution in [0.1, 0.15) is 30.0 Å². The van der Waals surface area contributed by atoms with Crippen molar-refractivity contribution >= 4 is 11.1 Å². The molecular weight excluding hydrogens is 296 g/mol. The van der Waals surface area contributed by atoms with Gasteiger partial charge in [-0.2, -0.15) is 0 Å². The van der Waals surface area contributed by atoms with Gasteiger partial charge in [-0.3, -0.25) is 0 Å². The molecule has 0 aromatic heterocycles. The Morgan fingerprint density at radius 1 is 0.667 bits per heavy atom. The second-order valence-electron chi connectivity index (χ2n) is 5.67. The third-order valence-electron chi connectivity index (χ3n) is 4.07. The highest BCUT2D eigenvalue weighted by atomic mass is 16.3. The van der Waals surface area contributed by atoms with Gasteiger partial charge in [-0.15, -0.1) is 0 Å². The number of benzene rings is 3. The van der Waals surface area contributed by atoms with E-state index in [9.17, 15) is 10.2 Å². The van der Waals surface area contributed by atoms with Crippen LogP contribution in [0.25, 0.3) is 11.1 Å². The summed E-state index contributed by atoms with van der Waals surface area (Å²) in [6, 6.07) is 24.8. The maximum Gasteiger partial charge on any atom is 0.116 e. The smallest absolute Gasteiger partial charge is 0.116 e. The Hall–Kier alpha value is -3.00. The van der Waals surface area contributed by atoms with Gasteiger partial charge < -0.3 is 10.2 Å². The van der Waals surface area contributed by atoms with Crippen LogP contribution in [0, 0.1) is 0 Å². The van der Waals surface area contributed by atoms with E-state index in [-0.39, 0.29) is 11.5 Å². The minimum atomic E-state index is 0.242. The highest BCUT2D eigenvalue weighted by Crippen LogP contribution is 2.35. The van der Waals surface area contributed by atoms with Crippen LogP contribution in [0.4, 0.5) is 0 Å². The molecule has 24 heavy (non-hydrogen) atoms. The average Bonchev–Trinajstić information content (AvgIpc) is 2.61. The van der Waals surface area contributed by atoms with Gasteiger partial charge in [0.2, 0.25) is 0 Å². The summed E-state index contributed by atoms with van der Waals surface area (Å²) in [5, 5.41) is 19.5. The predicted octanol–water partition coefficient (Wildman–Crippen LogP) is 5.47. The van der Waals surface area contributed by atoms with Crippen molar-refractivity contribution in [3.05, 3.63) is 95.6 Å². The third kappa shape index (κ3) is 3.33. The first-order valence-electron chi connectivity index (χ1n) is 8.06. The van der Waals surface area contributed by atoms with Crippen molar-refractivity contribution < 1.29 is 10.2 Å². The standard InChI is InChI=1S/C22H20O2/c1-2-21(16-7-4-3-5-8-16)22(17-11-13-19(23)14-12-17)18-9-6-10-20(24)15-18/h3-15,23-24H,2H2,1H3/b22-21+. The molecule has 0 aliphatic heterocycles. The van der Waals surface area contributed by atoms with Gasteiger partial charge in [0.1, 0.15) is 11.5 Å². The molecule has 2 N–H and O–H groups in total. The van der Waals surface area contributed by atoms with E-state index in [1.807, 2.05) is 42.5 Å². The van der Waals surface area contributed by atoms with Gasteiger partial charge in [-0.1, -0.05) is 61.5 Å². The van der Waals surface area contributed by atoms with Crippen molar-refractivity contribution in [2.24, 2.45) is 0 Å². The molecule has 120 valence electrons. The van der Waals surface area contributed by atoms with Crippen molar-refractivity contribution in [2.75, 3.05) is 0 Å². The van der Waals surface area contributed by atoms with Crippen LogP contribution in [0.2, 0.25) is 0 Å². The van der Waals surface area contributed by atoms with Crippen molar-refractivity contribution in [1.82, 2.24) is 0 Å². The molecule has 0 bridgehead atoms. The fourth-order valence-corrected chi connectivity index (χ4v) is 2.97. The van der Waals surface area contributed by atoms with Gasteiger partial charge in [0.15, 0.2) is 0 Å². The molecule has 0 fully saturated rings. The Morgan fingerprint density at radius 3 is 1.96 bits per heavy atom. The Labute approximate surface area is 142 Å². The van der Waals surface area contributed by atoms with Crippen LogP contribution in [0.5, 0.6) is 11.5 Å². The first kappa shape index (κ1) is 15.9. The monoisotopic (exact) mass is 316 g/mol. The van der Waals surface area contributed by atoms with Crippen molar-refractivity contribution in [1.29, 1.82) is 0 Å². The highest BCUT2D eigenvalue weighted by molar-refractivity contribution is 5.98. The highest BCUT2D eigenvalue weighted by Gasteiger charge is 2.13. The van der Waals surface area contributed by atoms with Crippen molar-refractivity contribution in [2.45, 2.75) is 13.3 Å². The normalized spacial score (nSPS) is 11.9. The summed E-state index contributed by atoms with van der Waals surface area (Å²) < 4.78 is 0. The lowest BCUT2D eigenvalue weighted by Crippen LogP contribution is -1.94. The molecule has 3 aromatic carbocycles. The zero-order valence-corrected chi connectivity index (χ0v) is 13.6. The van der Waals surface area contributed by atoms with Gasteiger partial charge in [0, 0.05) is 0 Å². The van der Waals surface area contributed by atoms with Crippen LogP contribution in [0.15, 0.2) is 78.9 Å². The second-order valence-corrected chi connectivity index (χ2v) is 5.67. The summed E-state index contributed by atoms with van der Waals surface area (Å²) in [5.74, 6) is 0.485. The minimum absolute atomic E-state index is 0.242. The third-order valence-corrected chi connectivity index (χ3v) is 4.07. The zero-order chi connectivity index (χ0) is 16.9. The van der Waals surface area contributed by atoms with E-state index in [1.165, 1.54) is 5.57 Å². The number of hydrogen-bond acceptors (Lipinski definition) is 2. The van der Waals surface area contributed by atoms with E-state index in [0.29, 0.717) is 0 Å². The Kier molecular flexibility index (Phi) is 4.66. The van der Waals surface area contributed by atoms with Crippen molar-refractivity contribution in [3.8, 4) is 11.5 Å². The lowest BCUT2D eigenvalue weighted by atomic mass is 9.88. The topological polar surface area (TPSA) is 40.5 Å². The van der Waals surface area contributed by atoms with E-state index in [1.54, 1.807) is 24.3 Å². The van der Waals surface area contributed by atoms with Gasteiger partial charge in [0.25, 0.3) is 0 Å². The molecule has 3 rings (SSSR count). The fourth-order valence-electron chi connectivity index (χ4n) is 2.97. The largest absolute Gasteiger partial charge is 0.508 e. The molecule has 0 saturated carbocycles. The van der Waals surface area contributed by atoms with Gasteiger partial charge in [-0.05, 0) is 58.5 Å². The maximum absolute atomic E-state index is 9.92. The van der Waals surface area contributed by atoms with Gasteiger partial charge in [0.05, 0.1) is 0 Å². The molecule has 0 aliphatic rings. The van der Waals surface area contributed by atoms with E-state index in [0.717, 1.165) is 28.7 Å². The summed E-state index contributed by atoms with van der Waals surface area (Å²) in [4.78, 5) is 0. The number of allylic oxidation sites excluding steroid dienone is 1. The van der Waals surface area contributed by atoms with Crippen LogP contribution in [-0.2, 0) is 0 Å². The predicted molar refractivity (Wildman–Crippen MR) is 98.9 cm³/mol. The Bertz CT molecular complexity index is 847. The number of aromatic hydroxyl groups is 2. The fraction of sp³-hybridized carbons (Fsp3) is 0.0909. The minimum Gasteiger partial charge on any atom is -0.508 e. The average molecular weight is 316 g/mol. The van der Waals surface area contributed by atoms with Crippen LogP contribution < -0.4 is 0 Å². The number of hydrogen-bond donors (Lipinski definition) is 2. The number of rotatable bonds is 4. The molecule has 0 unspecified atom stereocenters. The quantitative estimate of drug-likeness (QED) is 0.627. The van der Waals surface area contributed by atoms with Crippen molar-refractivity contribution in [3.63, 3.8) is 0 Å². The molecule has 0 spiro atoms. The second kappa shape index (κ2) is 7.05. The first-order valence-corrected chi connectivity index (χ1v) is 8.06. The van der Waals surface area contributed by atoms with E-state index >= 15 is 0 Å². The summed E-state index contributed by atoms with van der Waals surface area (Å²) in [6.45, 7) is 2.13. The molecular formula is C22H20O2. The molecule has 0 heterocycles. The molecule has 0 aliphatic carbocycles. The van der Waals surface area contributed by atoms with E-state index in [2.05, 4.69) is 19.1 Å². The van der Waals surface area contributed by atoms with E-state index in [4.69, 9.17) is 0 Å². The summed E-state index contributed by atoms with van der Waals surface area (Å²) in [6.07, 6.45) is 0.857. The Balaban J connectivity index is 2.28. The lowest BCUT2D eigenvalue weighted by molar-refractivity contribution is 0.474. The molecule has 0 radical (unpaired) electrons. The number of phenols is 2. The number of phenolic OH excluding ortho intramolecular Hbond substituents is 2. The zero-order valence-electron chi connectivity index (χ0n) is 13.6. The summed E-state index contributed by atoms with van der Waals surface area (Å²) in [5.41, 5.74) is 5.40. The molecule has 0 amide bonds. The lowest BCUT2D eigenvalue weighted by Gasteiger charge is -2.16. The first-order chi connectivity index (χ1) is 11.7. The SMILES string of the molecule is CC/C(=C(/c1ccc(O)cc1)c1cccc(O)c1)c1ccccc1. The van der Waals surface area contributed by atoms with Crippen LogP contribution in [0.3, 0.4) is 0 Å². The molecule has 3 aromatic rings. The molecule has 2 nitrogen and oxygen atoms in total. The molecule has 0 atom stereocenters. The summed E-state index contributed by atoms with van der Waals surface area (Å²) in [7, 11) is 0.